The Morgan fingerprint density at radius 3 is 2.64 bits per heavy atom. The molecule has 1 atom stereocenters. The lowest BCUT2D eigenvalue weighted by molar-refractivity contribution is -0.132. The van der Waals surface area contributed by atoms with E-state index in [9.17, 15) is 4.79 Å². The lowest BCUT2D eigenvalue weighted by Gasteiger charge is -2.28. The van der Waals surface area contributed by atoms with E-state index in [1.54, 1.807) is 31.5 Å². The second-order valence-corrected chi connectivity index (χ2v) is 5.50. The molecular formula is C17H19ClN2O2. The smallest absolute Gasteiger partial charge is 0.227 e. The summed E-state index contributed by atoms with van der Waals surface area (Å²) in [6, 6.07) is 11.0. The number of benzene rings is 1. The Bertz CT molecular complexity index is 602. The minimum absolute atomic E-state index is 0.0185. The zero-order chi connectivity index (χ0) is 15.9. The number of carbonyl (C=O) groups excluding carboxylic acids is 1. The first-order valence-corrected chi connectivity index (χ1v) is 7.38. The van der Waals surface area contributed by atoms with E-state index in [0.717, 1.165) is 11.1 Å². The van der Waals surface area contributed by atoms with Crippen molar-refractivity contribution in [3.8, 4) is 0 Å². The molecule has 0 saturated heterocycles. The quantitative estimate of drug-likeness (QED) is 0.822. The van der Waals surface area contributed by atoms with Gasteiger partial charge in [-0.3, -0.25) is 9.78 Å². The van der Waals surface area contributed by atoms with Crippen molar-refractivity contribution in [2.24, 2.45) is 0 Å². The van der Waals surface area contributed by atoms with Crippen LogP contribution in [0, 0.1) is 0 Å². The number of hydrogen-bond acceptors (Lipinski definition) is 3. The van der Waals surface area contributed by atoms with Crippen LogP contribution in [0.4, 0.5) is 0 Å². The van der Waals surface area contributed by atoms with E-state index < -0.39 is 0 Å². The van der Waals surface area contributed by atoms with Gasteiger partial charge in [-0.1, -0.05) is 29.8 Å². The van der Waals surface area contributed by atoms with Crippen LogP contribution in [-0.4, -0.2) is 36.6 Å². The third kappa shape index (κ3) is 4.29. The van der Waals surface area contributed by atoms with E-state index in [4.69, 9.17) is 16.3 Å². The van der Waals surface area contributed by atoms with Crippen molar-refractivity contribution >= 4 is 17.5 Å². The first-order valence-electron chi connectivity index (χ1n) is 7.00. The van der Waals surface area contributed by atoms with Crippen molar-refractivity contribution in [1.29, 1.82) is 0 Å². The van der Waals surface area contributed by atoms with Gasteiger partial charge in [0.05, 0.1) is 19.1 Å². The normalized spacial score (nSPS) is 12.0. The number of methoxy groups -OCH3 is 1. The van der Waals surface area contributed by atoms with Crippen LogP contribution in [0.25, 0.3) is 0 Å². The molecule has 0 unspecified atom stereocenters. The highest BCUT2D eigenvalue weighted by molar-refractivity contribution is 6.30. The van der Waals surface area contributed by atoms with Crippen LogP contribution in [0.15, 0.2) is 48.8 Å². The van der Waals surface area contributed by atoms with Gasteiger partial charge in [0.1, 0.15) is 0 Å². The minimum atomic E-state index is -0.147. The molecule has 0 bridgehead atoms. The molecule has 0 aliphatic heterocycles. The summed E-state index contributed by atoms with van der Waals surface area (Å²) in [5, 5.41) is 0.671. The van der Waals surface area contributed by atoms with Crippen molar-refractivity contribution in [2.45, 2.75) is 12.5 Å². The third-order valence-corrected chi connectivity index (χ3v) is 3.77. The highest BCUT2D eigenvalue weighted by Gasteiger charge is 2.21. The first kappa shape index (κ1) is 16.5. The van der Waals surface area contributed by atoms with Crippen LogP contribution >= 0.6 is 11.6 Å². The number of halogens is 1. The fourth-order valence-electron chi connectivity index (χ4n) is 2.25. The Morgan fingerprint density at radius 2 is 2.05 bits per heavy atom. The second kappa shape index (κ2) is 7.92. The maximum atomic E-state index is 12.5. The molecule has 0 fully saturated rings. The van der Waals surface area contributed by atoms with E-state index in [0.29, 0.717) is 18.1 Å². The molecule has 1 amide bonds. The predicted octanol–water partition coefficient (Wildman–Crippen LogP) is 3.12. The fraction of sp³-hybridized carbons (Fsp3) is 0.294. The predicted molar refractivity (Wildman–Crippen MR) is 86.8 cm³/mol. The van der Waals surface area contributed by atoms with Crippen LogP contribution < -0.4 is 0 Å². The maximum Gasteiger partial charge on any atom is 0.227 e. The zero-order valence-corrected chi connectivity index (χ0v) is 13.5. The van der Waals surface area contributed by atoms with Crippen molar-refractivity contribution in [3.05, 3.63) is 64.9 Å². The van der Waals surface area contributed by atoms with Crippen LogP contribution in [0.2, 0.25) is 5.02 Å². The Labute approximate surface area is 135 Å². The average Bonchev–Trinajstić information content (AvgIpc) is 2.54. The van der Waals surface area contributed by atoms with Crippen LogP contribution in [0.3, 0.4) is 0 Å². The standard InChI is InChI=1S/C17H19ClN2O2/c1-20(17(21)10-13-4-3-9-19-11-13)16(12-22-2)14-5-7-15(18)8-6-14/h3-9,11,16H,10,12H2,1-2H3/t16-/m1/s1. The molecule has 1 heterocycles. The Kier molecular flexibility index (Phi) is 5.92. The SMILES string of the molecule is COC[C@H](c1ccc(Cl)cc1)N(C)C(=O)Cc1cccnc1. The molecule has 22 heavy (non-hydrogen) atoms. The van der Waals surface area contributed by atoms with E-state index in [2.05, 4.69) is 4.98 Å². The number of amides is 1. The summed E-state index contributed by atoms with van der Waals surface area (Å²) < 4.78 is 5.27. The van der Waals surface area contributed by atoms with Crippen molar-refractivity contribution in [3.63, 3.8) is 0 Å². The van der Waals surface area contributed by atoms with Crippen LogP contribution in [0.5, 0.6) is 0 Å². The molecular weight excluding hydrogens is 300 g/mol. The summed E-state index contributed by atoms with van der Waals surface area (Å²) >= 11 is 5.92. The first-order chi connectivity index (χ1) is 10.6. The Hall–Kier alpha value is -1.91. The van der Waals surface area contributed by atoms with Gasteiger partial charge in [-0.25, -0.2) is 0 Å². The van der Waals surface area contributed by atoms with Crippen molar-refractivity contribution in [2.75, 3.05) is 20.8 Å². The molecule has 1 aromatic heterocycles. The summed E-state index contributed by atoms with van der Waals surface area (Å²) in [6.45, 7) is 0.427. The molecule has 0 aliphatic rings. The van der Waals surface area contributed by atoms with Crippen molar-refractivity contribution in [1.82, 2.24) is 9.88 Å². The van der Waals surface area contributed by atoms with Crippen molar-refractivity contribution < 1.29 is 9.53 Å². The number of rotatable bonds is 6. The summed E-state index contributed by atoms with van der Waals surface area (Å²) in [5.41, 5.74) is 1.89. The maximum absolute atomic E-state index is 12.5. The van der Waals surface area contributed by atoms with Gasteiger partial charge in [-0.05, 0) is 29.3 Å². The van der Waals surface area contributed by atoms with Gasteiger partial charge in [0.25, 0.3) is 0 Å². The third-order valence-electron chi connectivity index (χ3n) is 3.52. The molecule has 5 heteroatoms. The van der Waals surface area contributed by atoms with Gasteiger partial charge >= 0.3 is 0 Å². The highest BCUT2D eigenvalue weighted by Crippen LogP contribution is 2.22. The molecule has 0 N–H and O–H groups in total. The van der Waals surface area contributed by atoms with Crippen LogP contribution in [0.1, 0.15) is 17.2 Å². The van der Waals surface area contributed by atoms with Gasteiger partial charge < -0.3 is 9.64 Å². The van der Waals surface area contributed by atoms with Gasteiger partial charge in [0, 0.05) is 31.6 Å². The van der Waals surface area contributed by atoms with Gasteiger partial charge in [0.15, 0.2) is 0 Å². The van der Waals surface area contributed by atoms with Crippen LogP contribution in [-0.2, 0) is 16.0 Å². The second-order valence-electron chi connectivity index (χ2n) is 5.07. The Morgan fingerprint density at radius 1 is 1.32 bits per heavy atom. The summed E-state index contributed by atoms with van der Waals surface area (Å²) in [7, 11) is 3.42. The van der Waals surface area contributed by atoms with E-state index in [1.807, 2.05) is 36.4 Å². The van der Waals surface area contributed by atoms with Gasteiger partial charge in [0.2, 0.25) is 5.91 Å². The molecule has 116 valence electrons. The molecule has 1 aromatic carbocycles. The number of carbonyl (C=O) groups is 1. The molecule has 0 aliphatic carbocycles. The Balaban J connectivity index is 2.13. The van der Waals surface area contributed by atoms with E-state index in [1.165, 1.54) is 0 Å². The minimum Gasteiger partial charge on any atom is -0.382 e. The number of likely N-dealkylation sites (N-methyl/N-ethyl adjacent to an activating group) is 1. The summed E-state index contributed by atoms with van der Waals surface area (Å²) in [4.78, 5) is 18.2. The zero-order valence-electron chi connectivity index (χ0n) is 12.7. The molecule has 2 aromatic rings. The average molecular weight is 319 g/mol. The number of nitrogens with zero attached hydrogens (tertiary/aromatic N) is 2. The molecule has 0 radical (unpaired) electrons. The summed E-state index contributed by atoms with van der Waals surface area (Å²) in [5.74, 6) is 0.0185. The van der Waals surface area contributed by atoms with Gasteiger partial charge in [-0.15, -0.1) is 0 Å². The lowest BCUT2D eigenvalue weighted by atomic mass is 10.1. The number of pyridine rings is 1. The highest BCUT2D eigenvalue weighted by atomic mass is 35.5. The fourth-order valence-corrected chi connectivity index (χ4v) is 2.38. The lowest BCUT2D eigenvalue weighted by Crippen LogP contribution is -2.34. The van der Waals surface area contributed by atoms with E-state index >= 15 is 0 Å². The molecule has 4 nitrogen and oxygen atoms in total. The monoisotopic (exact) mass is 318 g/mol. The summed E-state index contributed by atoms with van der Waals surface area (Å²) in [6.07, 6.45) is 3.72. The topological polar surface area (TPSA) is 42.4 Å². The molecule has 0 saturated carbocycles. The number of ether oxygens (including phenoxy) is 1. The largest absolute Gasteiger partial charge is 0.382 e. The van der Waals surface area contributed by atoms with Gasteiger partial charge in [-0.2, -0.15) is 0 Å². The molecule has 0 spiro atoms. The molecule has 2 rings (SSSR count). The number of hydrogen-bond donors (Lipinski definition) is 0. The number of aromatic nitrogens is 1. The van der Waals surface area contributed by atoms with E-state index in [-0.39, 0.29) is 11.9 Å².